The molecule has 0 atom stereocenters. The van der Waals surface area contributed by atoms with Crippen molar-refractivity contribution in [1.82, 2.24) is 5.32 Å². The fourth-order valence-electron chi connectivity index (χ4n) is 1.05. The zero-order chi connectivity index (χ0) is 11.3. The van der Waals surface area contributed by atoms with Crippen LogP contribution >= 0.6 is 0 Å². The third kappa shape index (κ3) is 3.38. The maximum Gasteiger partial charge on any atom is 0.322 e. The molecule has 0 heterocycles. The number of hydrogen-bond acceptors (Lipinski definition) is 2. The molecule has 0 aromatic heterocycles. The lowest BCUT2D eigenvalue weighted by Crippen LogP contribution is -2.29. The van der Waals surface area contributed by atoms with Crippen LogP contribution in [0.2, 0.25) is 0 Å². The molecule has 1 amide bonds. The molecular formula is C10H10FNO3. The average Bonchev–Trinajstić information content (AvgIpc) is 2.26. The van der Waals surface area contributed by atoms with Crippen LogP contribution in [-0.2, 0) is 11.5 Å². The van der Waals surface area contributed by atoms with Gasteiger partial charge in [0.1, 0.15) is 13.2 Å². The molecule has 5 heteroatoms. The predicted molar refractivity (Wildman–Crippen MR) is 51.2 cm³/mol. The fourth-order valence-corrected chi connectivity index (χ4v) is 1.05. The highest BCUT2D eigenvalue weighted by Gasteiger charge is 2.07. The fraction of sp³-hybridized carbons (Fsp3) is 0.200. The Balaban J connectivity index is 2.69. The second-order valence-electron chi connectivity index (χ2n) is 2.91. The van der Waals surface area contributed by atoms with E-state index in [2.05, 4.69) is 5.32 Å². The van der Waals surface area contributed by atoms with Gasteiger partial charge in [0.2, 0.25) is 0 Å². The largest absolute Gasteiger partial charge is 0.480 e. The number of benzene rings is 1. The summed E-state index contributed by atoms with van der Waals surface area (Å²) in [6, 6.07) is 5.98. The first-order valence-electron chi connectivity index (χ1n) is 4.28. The Bertz CT molecular complexity index is 379. The van der Waals surface area contributed by atoms with Crippen molar-refractivity contribution in [2.45, 2.75) is 6.67 Å². The van der Waals surface area contributed by atoms with Crippen LogP contribution in [0.4, 0.5) is 4.39 Å². The number of amides is 1. The molecule has 0 saturated heterocycles. The summed E-state index contributed by atoms with van der Waals surface area (Å²) < 4.78 is 12.3. The number of alkyl halides is 1. The molecule has 0 aliphatic carbocycles. The van der Waals surface area contributed by atoms with E-state index in [0.717, 1.165) is 0 Å². The molecule has 15 heavy (non-hydrogen) atoms. The topological polar surface area (TPSA) is 66.4 Å². The van der Waals surface area contributed by atoms with Crippen molar-refractivity contribution in [3.05, 3.63) is 35.4 Å². The maximum absolute atomic E-state index is 12.3. The highest BCUT2D eigenvalue weighted by Crippen LogP contribution is 2.06. The first-order chi connectivity index (χ1) is 7.13. The Labute approximate surface area is 85.7 Å². The lowest BCUT2D eigenvalue weighted by molar-refractivity contribution is -0.135. The number of nitrogens with one attached hydrogen (secondary N) is 1. The van der Waals surface area contributed by atoms with Gasteiger partial charge >= 0.3 is 5.97 Å². The number of rotatable bonds is 4. The van der Waals surface area contributed by atoms with Gasteiger partial charge in [-0.3, -0.25) is 9.59 Å². The highest BCUT2D eigenvalue weighted by molar-refractivity contribution is 5.95. The van der Waals surface area contributed by atoms with Crippen LogP contribution < -0.4 is 5.32 Å². The first-order valence-corrected chi connectivity index (χ1v) is 4.28. The van der Waals surface area contributed by atoms with Gasteiger partial charge < -0.3 is 10.4 Å². The maximum atomic E-state index is 12.3. The van der Waals surface area contributed by atoms with E-state index in [1.165, 1.54) is 12.1 Å². The van der Waals surface area contributed by atoms with E-state index in [9.17, 15) is 14.0 Å². The molecular weight excluding hydrogens is 201 g/mol. The number of carbonyl (C=O) groups is 2. The number of halogens is 1. The molecule has 0 aliphatic heterocycles. The van der Waals surface area contributed by atoms with Crippen LogP contribution in [0.5, 0.6) is 0 Å². The summed E-state index contributed by atoms with van der Waals surface area (Å²) in [6.07, 6.45) is 0. The Morgan fingerprint density at radius 2 is 2.13 bits per heavy atom. The molecule has 0 fully saturated rings. The van der Waals surface area contributed by atoms with Crippen LogP contribution in [0.25, 0.3) is 0 Å². The zero-order valence-electron chi connectivity index (χ0n) is 7.87. The average molecular weight is 211 g/mol. The molecule has 1 rings (SSSR count). The third-order valence-corrected chi connectivity index (χ3v) is 1.74. The van der Waals surface area contributed by atoms with Gasteiger partial charge in [0.15, 0.2) is 0 Å². The number of carbonyl (C=O) groups excluding carboxylic acids is 1. The first kappa shape index (κ1) is 11.2. The smallest absolute Gasteiger partial charge is 0.322 e. The van der Waals surface area contributed by atoms with E-state index in [1.54, 1.807) is 12.1 Å². The molecule has 0 unspecified atom stereocenters. The molecule has 0 bridgehead atoms. The lowest BCUT2D eigenvalue weighted by Gasteiger charge is -2.03. The minimum absolute atomic E-state index is 0.256. The van der Waals surface area contributed by atoms with Gasteiger partial charge in [0.25, 0.3) is 5.91 Å². The molecule has 0 aliphatic rings. The Morgan fingerprint density at radius 3 is 2.73 bits per heavy atom. The van der Waals surface area contributed by atoms with Crippen LogP contribution in [0, 0.1) is 0 Å². The van der Waals surface area contributed by atoms with Crippen molar-refractivity contribution >= 4 is 11.9 Å². The van der Waals surface area contributed by atoms with Gasteiger partial charge in [-0.1, -0.05) is 12.1 Å². The predicted octanol–water partition coefficient (Wildman–Crippen LogP) is 0.970. The van der Waals surface area contributed by atoms with Crippen molar-refractivity contribution in [3.63, 3.8) is 0 Å². The van der Waals surface area contributed by atoms with Crippen molar-refractivity contribution in [2.24, 2.45) is 0 Å². The Morgan fingerprint density at radius 1 is 1.40 bits per heavy atom. The standard InChI is InChI=1S/C10H10FNO3/c11-5-7-2-1-3-8(4-7)10(15)12-6-9(13)14/h1-4H,5-6H2,(H,12,15)(H,13,14). The Hall–Kier alpha value is -1.91. The molecule has 2 N–H and O–H groups in total. The minimum Gasteiger partial charge on any atom is -0.480 e. The van der Waals surface area contributed by atoms with Crippen molar-refractivity contribution in [2.75, 3.05) is 6.54 Å². The van der Waals surface area contributed by atoms with Gasteiger partial charge in [-0.25, -0.2) is 4.39 Å². The number of hydrogen-bond donors (Lipinski definition) is 2. The number of aliphatic carboxylic acids is 1. The summed E-state index contributed by atoms with van der Waals surface area (Å²) in [5, 5.41) is 10.5. The van der Waals surface area contributed by atoms with E-state index in [-0.39, 0.29) is 5.56 Å². The van der Waals surface area contributed by atoms with E-state index in [0.29, 0.717) is 5.56 Å². The monoisotopic (exact) mass is 211 g/mol. The molecule has 1 aromatic rings. The highest BCUT2D eigenvalue weighted by atomic mass is 19.1. The number of carboxylic acid groups (broad SMARTS) is 1. The van der Waals surface area contributed by atoms with Gasteiger partial charge in [0.05, 0.1) is 0 Å². The van der Waals surface area contributed by atoms with E-state index >= 15 is 0 Å². The van der Waals surface area contributed by atoms with Crippen LogP contribution in [0.15, 0.2) is 24.3 Å². The lowest BCUT2D eigenvalue weighted by atomic mass is 10.1. The molecule has 0 radical (unpaired) electrons. The second kappa shape index (κ2) is 5.09. The molecule has 0 saturated carbocycles. The van der Waals surface area contributed by atoms with Gasteiger partial charge in [-0.15, -0.1) is 0 Å². The Kier molecular flexibility index (Phi) is 3.79. The zero-order valence-corrected chi connectivity index (χ0v) is 7.87. The summed E-state index contributed by atoms with van der Waals surface area (Å²) in [5.74, 6) is -1.64. The van der Waals surface area contributed by atoms with E-state index < -0.39 is 25.1 Å². The van der Waals surface area contributed by atoms with E-state index in [4.69, 9.17) is 5.11 Å². The molecule has 4 nitrogen and oxygen atoms in total. The van der Waals surface area contributed by atoms with Crippen molar-refractivity contribution in [1.29, 1.82) is 0 Å². The van der Waals surface area contributed by atoms with Crippen LogP contribution in [0.1, 0.15) is 15.9 Å². The minimum atomic E-state index is -1.12. The quantitative estimate of drug-likeness (QED) is 0.779. The van der Waals surface area contributed by atoms with Crippen molar-refractivity contribution in [3.8, 4) is 0 Å². The second-order valence-corrected chi connectivity index (χ2v) is 2.91. The summed E-state index contributed by atoms with van der Waals surface area (Å²) in [7, 11) is 0. The van der Waals surface area contributed by atoms with Crippen LogP contribution in [0.3, 0.4) is 0 Å². The summed E-state index contributed by atoms with van der Waals surface area (Å²) in [6.45, 7) is -1.10. The van der Waals surface area contributed by atoms with Crippen molar-refractivity contribution < 1.29 is 19.1 Å². The van der Waals surface area contributed by atoms with Crippen LogP contribution in [-0.4, -0.2) is 23.5 Å². The van der Waals surface area contributed by atoms with E-state index in [1.807, 2.05) is 0 Å². The van der Waals surface area contributed by atoms with Gasteiger partial charge in [0, 0.05) is 5.56 Å². The molecule has 80 valence electrons. The summed E-state index contributed by atoms with van der Waals surface area (Å²) in [4.78, 5) is 21.5. The molecule has 1 aromatic carbocycles. The summed E-state index contributed by atoms with van der Waals surface area (Å²) >= 11 is 0. The summed E-state index contributed by atoms with van der Waals surface area (Å²) in [5.41, 5.74) is 0.643. The molecule has 0 spiro atoms. The normalized spacial score (nSPS) is 9.67. The SMILES string of the molecule is O=C(O)CNC(=O)c1cccc(CF)c1. The number of carboxylic acids is 1. The third-order valence-electron chi connectivity index (χ3n) is 1.74. The van der Waals surface area contributed by atoms with Gasteiger partial charge in [-0.2, -0.15) is 0 Å². The van der Waals surface area contributed by atoms with Gasteiger partial charge in [-0.05, 0) is 17.7 Å².